The molecule has 0 unspecified atom stereocenters. The van der Waals surface area contributed by atoms with Gasteiger partial charge in [0.15, 0.2) is 0 Å². The van der Waals surface area contributed by atoms with Crippen LogP contribution >= 0.6 is 11.7 Å². The normalized spacial score (nSPS) is 17.8. The smallest absolute Gasteiger partial charge is 0.319 e. The number of rotatable bonds is 3. The number of aromatic nitrogens is 2. The summed E-state index contributed by atoms with van der Waals surface area (Å²) in [5.41, 5.74) is 2.73. The Labute approximate surface area is 145 Å². The number of urea groups is 1. The molecule has 2 aromatic rings. The van der Waals surface area contributed by atoms with Crippen molar-refractivity contribution in [1.82, 2.24) is 23.9 Å². The molecule has 1 aromatic heterocycles. The van der Waals surface area contributed by atoms with Crippen molar-refractivity contribution < 1.29 is 9.59 Å². The van der Waals surface area contributed by atoms with Crippen molar-refractivity contribution in [2.75, 3.05) is 27.2 Å². The van der Waals surface area contributed by atoms with Crippen LogP contribution in [0.5, 0.6) is 0 Å². The number of carbonyl (C=O) groups is 2. The van der Waals surface area contributed by atoms with Crippen LogP contribution in [0, 0.1) is 5.92 Å². The fraction of sp³-hybridized carbons (Fsp3) is 0.500. The molecule has 1 aromatic carbocycles. The number of benzene rings is 1. The van der Waals surface area contributed by atoms with E-state index in [2.05, 4.69) is 14.1 Å². The van der Waals surface area contributed by atoms with Crippen LogP contribution in [-0.4, -0.2) is 57.7 Å². The van der Waals surface area contributed by atoms with Gasteiger partial charge < -0.3 is 15.1 Å². The summed E-state index contributed by atoms with van der Waals surface area (Å²) in [5, 5.41) is 2.98. The lowest BCUT2D eigenvalue weighted by atomic mass is 9.97. The summed E-state index contributed by atoms with van der Waals surface area (Å²) in [7, 11) is 3.46. The van der Waals surface area contributed by atoms with E-state index in [0.29, 0.717) is 19.6 Å². The molecule has 0 aliphatic carbocycles. The second kappa shape index (κ2) is 7.12. The molecule has 3 amide bonds. The fourth-order valence-corrected chi connectivity index (χ4v) is 3.44. The Balaban J connectivity index is 1.57. The number of hydrogen-bond donors (Lipinski definition) is 1. The third kappa shape index (κ3) is 3.64. The molecule has 3 rings (SSSR count). The van der Waals surface area contributed by atoms with E-state index in [0.717, 1.165) is 29.4 Å². The zero-order valence-electron chi connectivity index (χ0n) is 13.9. The van der Waals surface area contributed by atoms with E-state index in [1.54, 1.807) is 23.9 Å². The Morgan fingerprint density at radius 2 is 2.12 bits per heavy atom. The standard InChI is InChI=1S/C16H21N5O2S/c1-20(2)16(23)21-7-3-4-12(10-21)15(22)17-9-11-5-6-13-14(8-11)19-24-18-13/h5-6,8,12H,3-4,7,9-10H2,1-2H3,(H,17,22)/t12-/m0/s1. The molecule has 0 bridgehead atoms. The van der Waals surface area contributed by atoms with Crippen LogP contribution < -0.4 is 5.32 Å². The Bertz CT molecular complexity index is 745. The predicted octanol–water partition coefficient (Wildman–Crippen LogP) is 1.70. The van der Waals surface area contributed by atoms with E-state index in [-0.39, 0.29) is 17.9 Å². The minimum absolute atomic E-state index is 0.00255. The van der Waals surface area contributed by atoms with Crippen LogP contribution in [0.15, 0.2) is 18.2 Å². The van der Waals surface area contributed by atoms with E-state index in [4.69, 9.17) is 0 Å². The highest BCUT2D eigenvalue weighted by Crippen LogP contribution is 2.18. The zero-order chi connectivity index (χ0) is 17.1. The van der Waals surface area contributed by atoms with Gasteiger partial charge in [0.05, 0.1) is 17.6 Å². The topological polar surface area (TPSA) is 78.4 Å². The van der Waals surface area contributed by atoms with Gasteiger partial charge in [-0.25, -0.2) is 4.79 Å². The minimum atomic E-state index is -0.146. The van der Waals surface area contributed by atoms with Gasteiger partial charge in [0.25, 0.3) is 0 Å². The van der Waals surface area contributed by atoms with Gasteiger partial charge in [-0.15, -0.1) is 0 Å². The van der Waals surface area contributed by atoms with E-state index in [1.807, 2.05) is 18.2 Å². The Morgan fingerprint density at radius 3 is 2.92 bits per heavy atom. The number of carbonyl (C=O) groups excluding carboxylic acids is 2. The zero-order valence-corrected chi connectivity index (χ0v) is 14.7. The molecule has 1 saturated heterocycles. The number of amides is 3. The maximum atomic E-state index is 12.4. The Hall–Kier alpha value is -2.22. The molecule has 0 radical (unpaired) electrons. The second-order valence-corrected chi connectivity index (χ2v) is 6.80. The van der Waals surface area contributed by atoms with Crippen LogP contribution in [0.25, 0.3) is 11.0 Å². The minimum Gasteiger partial charge on any atom is -0.352 e. The molecule has 1 aliphatic rings. The molecule has 8 heteroatoms. The molecule has 7 nitrogen and oxygen atoms in total. The van der Waals surface area contributed by atoms with Crippen molar-refractivity contribution in [3.8, 4) is 0 Å². The number of nitrogens with zero attached hydrogens (tertiary/aromatic N) is 4. The molecular formula is C16H21N5O2S. The lowest BCUT2D eigenvalue weighted by Gasteiger charge is -2.33. The molecule has 24 heavy (non-hydrogen) atoms. The molecule has 1 atom stereocenters. The van der Waals surface area contributed by atoms with E-state index < -0.39 is 0 Å². The van der Waals surface area contributed by atoms with Gasteiger partial charge in [-0.1, -0.05) is 6.07 Å². The van der Waals surface area contributed by atoms with Gasteiger partial charge in [-0.3, -0.25) is 4.79 Å². The molecule has 1 fully saturated rings. The number of fused-ring (bicyclic) bond motifs is 1. The second-order valence-electron chi connectivity index (χ2n) is 6.27. The molecular weight excluding hydrogens is 326 g/mol. The monoisotopic (exact) mass is 347 g/mol. The lowest BCUT2D eigenvalue weighted by molar-refractivity contribution is -0.126. The fourth-order valence-electron chi connectivity index (χ4n) is 2.92. The van der Waals surface area contributed by atoms with Crippen molar-refractivity contribution in [3.63, 3.8) is 0 Å². The van der Waals surface area contributed by atoms with Crippen molar-refractivity contribution in [2.45, 2.75) is 19.4 Å². The van der Waals surface area contributed by atoms with Gasteiger partial charge in [0.2, 0.25) is 5.91 Å². The van der Waals surface area contributed by atoms with E-state index in [9.17, 15) is 9.59 Å². The van der Waals surface area contributed by atoms with Crippen LogP contribution in [0.2, 0.25) is 0 Å². The van der Waals surface area contributed by atoms with Crippen LogP contribution in [0.4, 0.5) is 4.79 Å². The van der Waals surface area contributed by atoms with Crippen LogP contribution in [-0.2, 0) is 11.3 Å². The first kappa shape index (κ1) is 16.6. The number of nitrogens with one attached hydrogen (secondary N) is 1. The van der Waals surface area contributed by atoms with Crippen LogP contribution in [0.3, 0.4) is 0 Å². The van der Waals surface area contributed by atoms with E-state index in [1.165, 1.54) is 11.7 Å². The Kier molecular flexibility index (Phi) is 4.94. The van der Waals surface area contributed by atoms with Gasteiger partial charge in [-0.05, 0) is 30.5 Å². The van der Waals surface area contributed by atoms with Crippen molar-refractivity contribution in [3.05, 3.63) is 23.8 Å². The lowest BCUT2D eigenvalue weighted by Crippen LogP contribution is -2.48. The molecule has 1 N–H and O–H groups in total. The summed E-state index contributed by atoms with van der Waals surface area (Å²) >= 11 is 1.19. The maximum absolute atomic E-state index is 12.4. The van der Waals surface area contributed by atoms with Gasteiger partial charge in [0, 0.05) is 33.7 Å². The molecule has 2 heterocycles. The number of likely N-dealkylation sites (tertiary alicyclic amines) is 1. The third-order valence-electron chi connectivity index (χ3n) is 4.23. The van der Waals surface area contributed by atoms with Gasteiger partial charge >= 0.3 is 6.03 Å². The summed E-state index contributed by atoms with van der Waals surface area (Å²) < 4.78 is 8.38. The number of piperidine rings is 1. The third-order valence-corrected chi connectivity index (χ3v) is 4.79. The summed E-state index contributed by atoms with van der Waals surface area (Å²) in [4.78, 5) is 27.8. The van der Waals surface area contributed by atoms with Crippen molar-refractivity contribution in [2.24, 2.45) is 5.92 Å². The maximum Gasteiger partial charge on any atom is 0.319 e. The largest absolute Gasteiger partial charge is 0.352 e. The van der Waals surface area contributed by atoms with Gasteiger partial charge in [0.1, 0.15) is 11.0 Å². The SMILES string of the molecule is CN(C)C(=O)N1CCC[C@H](C(=O)NCc2ccc3nsnc3c2)C1. The summed E-state index contributed by atoms with van der Waals surface area (Å²) in [5.74, 6) is -0.143. The predicted molar refractivity (Wildman–Crippen MR) is 92.6 cm³/mol. The average molecular weight is 347 g/mol. The van der Waals surface area contributed by atoms with Crippen LogP contribution in [0.1, 0.15) is 18.4 Å². The number of hydrogen-bond acceptors (Lipinski definition) is 5. The quantitative estimate of drug-likeness (QED) is 0.917. The molecule has 0 spiro atoms. The molecule has 0 saturated carbocycles. The first-order valence-electron chi connectivity index (χ1n) is 8.00. The Morgan fingerprint density at radius 1 is 1.33 bits per heavy atom. The van der Waals surface area contributed by atoms with Crippen molar-refractivity contribution in [1.29, 1.82) is 0 Å². The highest BCUT2D eigenvalue weighted by Gasteiger charge is 2.28. The van der Waals surface area contributed by atoms with Gasteiger partial charge in [-0.2, -0.15) is 8.75 Å². The summed E-state index contributed by atoms with van der Waals surface area (Å²) in [6.07, 6.45) is 1.67. The average Bonchev–Trinajstić information content (AvgIpc) is 3.06. The van der Waals surface area contributed by atoms with E-state index >= 15 is 0 Å². The molecule has 128 valence electrons. The summed E-state index contributed by atoms with van der Waals surface area (Å²) in [6, 6.07) is 5.78. The summed E-state index contributed by atoms with van der Waals surface area (Å²) in [6.45, 7) is 1.66. The first-order valence-corrected chi connectivity index (χ1v) is 8.73. The molecule has 1 aliphatic heterocycles. The highest BCUT2D eigenvalue weighted by molar-refractivity contribution is 7.00. The first-order chi connectivity index (χ1) is 11.5. The highest BCUT2D eigenvalue weighted by atomic mass is 32.1. The van der Waals surface area contributed by atoms with Crippen molar-refractivity contribution >= 4 is 34.7 Å².